The van der Waals surface area contributed by atoms with Crippen molar-refractivity contribution in [3.63, 3.8) is 0 Å². The van der Waals surface area contributed by atoms with Gasteiger partial charge in [0.15, 0.2) is 6.61 Å². The summed E-state index contributed by atoms with van der Waals surface area (Å²) in [4.78, 5) is 13.8. The van der Waals surface area contributed by atoms with E-state index in [-0.39, 0.29) is 12.3 Å². The molecule has 1 amide bonds. The molecule has 0 fully saturated rings. The first-order valence-electron chi connectivity index (χ1n) is 7.87. The standard InChI is InChI=1S/C17H23BrF3NO3/c1-5-8-22(15(23)25-16(2,3)4)10-12-9-13(18)6-7-14(12)24-11-17(19,20)21/h6-7,9H,5,8,10-11H2,1-4H3. The number of amides is 1. The number of nitrogens with zero attached hydrogens (tertiary/aromatic N) is 1. The fourth-order valence-corrected chi connectivity index (χ4v) is 2.42. The Kier molecular flexibility index (Phi) is 7.59. The topological polar surface area (TPSA) is 38.8 Å². The number of carbonyl (C=O) groups excluding carboxylic acids is 1. The van der Waals surface area contributed by atoms with E-state index in [4.69, 9.17) is 9.47 Å². The fourth-order valence-electron chi connectivity index (χ4n) is 2.01. The van der Waals surface area contributed by atoms with Crippen LogP contribution in [-0.4, -0.2) is 35.9 Å². The van der Waals surface area contributed by atoms with Gasteiger partial charge >= 0.3 is 12.3 Å². The summed E-state index contributed by atoms with van der Waals surface area (Å²) >= 11 is 3.29. The molecule has 0 bridgehead atoms. The highest BCUT2D eigenvalue weighted by Gasteiger charge is 2.29. The van der Waals surface area contributed by atoms with E-state index in [1.54, 1.807) is 32.9 Å². The highest BCUT2D eigenvalue weighted by molar-refractivity contribution is 9.10. The van der Waals surface area contributed by atoms with Crippen molar-refractivity contribution in [2.75, 3.05) is 13.2 Å². The van der Waals surface area contributed by atoms with Crippen molar-refractivity contribution in [1.29, 1.82) is 0 Å². The highest BCUT2D eigenvalue weighted by atomic mass is 79.9. The molecule has 25 heavy (non-hydrogen) atoms. The highest BCUT2D eigenvalue weighted by Crippen LogP contribution is 2.27. The molecular weight excluding hydrogens is 403 g/mol. The number of benzene rings is 1. The molecule has 0 N–H and O–H groups in total. The van der Waals surface area contributed by atoms with Crippen LogP contribution in [0.15, 0.2) is 22.7 Å². The van der Waals surface area contributed by atoms with Crippen LogP contribution in [0.3, 0.4) is 0 Å². The van der Waals surface area contributed by atoms with Gasteiger partial charge in [-0.2, -0.15) is 13.2 Å². The normalized spacial score (nSPS) is 12.0. The first-order valence-corrected chi connectivity index (χ1v) is 8.66. The van der Waals surface area contributed by atoms with Crippen molar-refractivity contribution in [3.05, 3.63) is 28.2 Å². The number of alkyl halides is 3. The average Bonchev–Trinajstić information content (AvgIpc) is 2.43. The molecule has 0 spiro atoms. The van der Waals surface area contributed by atoms with Crippen LogP contribution in [0.25, 0.3) is 0 Å². The van der Waals surface area contributed by atoms with Gasteiger partial charge in [0.25, 0.3) is 0 Å². The van der Waals surface area contributed by atoms with E-state index in [9.17, 15) is 18.0 Å². The van der Waals surface area contributed by atoms with Crippen LogP contribution in [0.1, 0.15) is 39.7 Å². The van der Waals surface area contributed by atoms with Gasteiger partial charge in [-0.1, -0.05) is 22.9 Å². The molecule has 4 nitrogen and oxygen atoms in total. The number of ether oxygens (including phenoxy) is 2. The lowest BCUT2D eigenvalue weighted by molar-refractivity contribution is -0.153. The summed E-state index contributed by atoms with van der Waals surface area (Å²) in [5.41, 5.74) is -0.186. The smallest absolute Gasteiger partial charge is 0.422 e. The summed E-state index contributed by atoms with van der Waals surface area (Å²) in [6, 6.07) is 4.68. The van der Waals surface area contributed by atoms with Crippen molar-refractivity contribution in [1.82, 2.24) is 4.90 Å². The van der Waals surface area contributed by atoms with E-state index >= 15 is 0 Å². The first-order chi connectivity index (χ1) is 11.4. The van der Waals surface area contributed by atoms with Crippen molar-refractivity contribution >= 4 is 22.0 Å². The summed E-state index contributed by atoms with van der Waals surface area (Å²) in [5, 5.41) is 0. The van der Waals surface area contributed by atoms with Gasteiger partial charge < -0.3 is 14.4 Å². The van der Waals surface area contributed by atoms with E-state index < -0.39 is 24.5 Å². The van der Waals surface area contributed by atoms with Gasteiger partial charge in [-0.15, -0.1) is 0 Å². The molecule has 0 radical (unpaired) electrons. The Labute approximate surface area is 154 Å². The molecule has 0 aliphatic rings. The van der Waals surface area contributed by atoms with Crippen LogP contribution in [0, 0.1) is 0 Å². The minimum atomic E-state index is -4.43. The van der Waals surface area contributed by atoms with Gasteiger partial charge in [0, 0.05) is 16.6 Å². The Morgan fingerprint density at radius 1 is 1.24 bits per heavy atom. The minimum Gasteiger partial charge on any atom is -0.484 e. The third-order valence-corrected chi connectivity index (χ3v) is 3.41. The second-order valence-corrected chi connectivity index (χ2v) is 7.47. The molecule has 0 saturated heterocycles. The largest absolute Gasteiger partial charge is 0.484 e. The lowest BCUT2D eigenvalue weighted by Crippen LogP contribution is -2.37. The number of hydrogen-bond donors (Lipinski definition) is 0. The van der Waals surface area contributed by atoms with Gasteiger partial charge in [-0.05, 0) is 45.4 Å². The lowest BCUT2D eigenvalue weighted by Gasteiger charge is -2.28. The Morgan fingerprint density at radius 2 is 1.88 bits per heavy atom. The minimum absolute atomic E-state index is 0.0881. The van der Waals surface area contributed by atoms with Gasteiger partial charge in [0.2, 0.25) is 0 Å². The first kappa shape index (κ1) is 21.6. The fraction of sp³-hybridized carbons (Fsp3) is 0.588. The summed E-state index contributed by atoms with van der Waals surface area (Å²) in [6.45, 7) is 6.29. The lowest BCUT2D eigenvalue weighted by atomic mass is 10.2. The van der Waals surface area contributed by atoms with E-state index in [1.807, 2.05) is 6.92 Å². The monoisotopic (exact) mass is 425 g/mol. The van der Waals surface area contributed by atoms with Crippen molar-refractivity contribution < 1.29 is 27.4 Å². The van der Waals surface area contributed by atoms with Gasteiger partial charge in [-0.3, -0.25) is 0 Å². The van der Waals surface area contributed by atoms with Crippen LogP contribution >= 0.6 is 15.9 Å². The number of hydrogen-bond acceptors (Lipinski definition) is 3. The van der Waals surface area contributed by atoms with Crippen LogP contribution < -0.4 is 4.74 Å². The van der Waals surface area contributed by atoms with Crippen LogP contribution in [-0.2, 0) is 11.3 Å². The van der Waals surface area contributed by atoms with Crippen molar-refractivity contribution in [3.8, 4) is 5.75 Å². The number of carbonyl (C=O) groups is 1. The van der Waals surface area contributed by atoms with Crippen molar-refractivity contribution in [2.24, 2.45) is 0 Å². The quantitative estimate of drug-likeness (QED) is 0.600. The van der Waals surface area contributed by atoms with Crippen molar-refractivity contribution in [2.45, 2.75) is 52.4 Å². The second kappa shape index (κ2) is 8.78. The number of rotatable bonds is 6. The molecule has 1 aromatic carbocycles. The number of halogens is 4. The summed E-state index contributed by atoms with van der Waals surface area (Å²) in [7, 11) is 0. The molecule has 142 valence electrons. The Hall–Kier alpha value is -1.44. The zero-order valence-corrected chi connectivity index (χ0v) is 16.3. The molecule has 0 heterocycles. The predicted octanol–water partition coefficient (Wildman–Crippen LogP) is 5.54. The van der Waals surface area contributed by atoms with Crippen LogP contribution in [0.5, 0.6) is 5.75 Å². The second-order valence-electron chi connectivity index (χ2n) is 6.56. The third-order valence-electron chi connectivity index (χ3n) is 2.92. The van der Waals surface area contributed by atoms with Gasteiger partial charge in [-0.25, -0.2) is 4.79 Å². The molecule has 0 aliphatic carbocycles. The van der Waals surface area contributed by atoms with Crippen LogP contribution in [0.4, 0.5) is 18.0 Å². The third kappa shape index (κ3) is 8.47. The molecule has 0 saturated carbocycles. The molecule has 1 rings (SSSR count). The van der Waals surface area contributed by atoms with E-state index in [0.29, 0.717) is 23.0 Å². The average molecular weight is 426 g/mol. The zero-order chi connectivity index (χ0) is 19.3. The maximum Gasteiger partial charge on any atom is 0.422 e. The summed E-state index contributed by atoms with van der Waals surface area (Å²) in [5.74, 6) is 0.0881. The Bertz CT molecular complexity index is 585. The van der Waals surface area contributed by atoms with E-state index in [2.05, 4.69) is 15.9 Å². The van der Waals surface area contributed by atoms with E-state index in [1.165, 1.54) is 11.0 Å². The molecule has 0 aromatic heterocycles. The summed E-state index contributed by atoms with van der Waals surface area (Å²) in [6.07, 6.45) is -4.26. The van der Waals surface area contributed by atoms with Crippen LogP contribution in [0.2, 0.25) is 0 Å². The van der Waals surface area contributed by atoms with Gasteiger partial charge in [0.05, 0.1) is 6.54 Å². The van der Waals surface area contributed by atoms with Gasteiger partial charge in [0.1, 0.15) is 11.4 Å². The SMILES string of the molecule is CCCN(Cc1cc(Br)ccc1OCC(F)(F)F)C(=O)OC(C)(C)C. The molecule has 0 unspecified atom stereocenters. The Balaban J connectivity index is 2.99. The maximum absolute atomic E-state index is 12.4. The summed E-state index contributed by atoms with van der Waals surface area (Å²) < 4.78 is 48.2. The molecule has 8 heteroatoms. The molecule has 1 aromatic rings. The molecular formula is C17H23BrF3NO3. The zero-order valence-electron chi connectivity index (χ0n) is 14.7. The van der Waals surface area contributed by atoms with E-state index in [0.717, 1.165) is 0 Å². The predicted molar refractivity (Wildman–Crippen MR) is 92.6 cm³/mol. The molecule has 0 aliphatic heterocycles. The Morgan fingerprint density at radius 3 is 2.40 bits per heavy atom. The maximum atomic E-state index is 12.4. The molecule has 0 atom stereocenters.